The molecule has 3 aromatic rings. The third-order valence-electron chi connectivity index (χ3n) is 4.73. The number of benzene rings is 1. The van der Waals surface area contributed by atoms with Gasteiger partial charge in [-0.15, -0.1) is 0 Å². The molecule has 134 valence electrons. The summed E-state index contributed by atoms with van der Waals surface area (Å²) >= 11 is 0. The number of hydrogen-bond acceptors (Lipinski definition) is 4. The number of ether oxygens (including phenoxy) is 1. The lowest BCUT2D eigenvalue weighted by Crippen LogP contribution is -2.30. The quantitative estimate of drug-likeness (QED) is 0.686. The van der Waals surface area contributed by atoms with Crippen LogP contribution in [-0.2, 0) is 31.0 Å². The zero-order chi connectivity index (χ0) is 17.6. The van der Waals surface area contributed by atoms with Crippen LogP contribution in [0.25, 0.3) is 0 Å². The van der Waals surface area contributed by atoms with Gasteiger partial charge in [-0.05, 0) is 17.2 Å². The number of pyridine rings is 1. The van der Waals surface area contributed by atoms with Gasteiger partial charge in [0, 0.05) is 50.3 Å². The third kappa shape index (κ3) is 4.36. The Kier molecular flexibility index (Phi) is 5.38. The molecule has 4 rings (SSSR count). The highest BCUT2D eigenvalue weighted by Gasteiger charge is 2.22. The van der Waals surface area contributed by atoms with Crippen molar-refractivity contribution in [1.82, 2.24) is 19.4 Å². The lowest BCUT2D eigenvalue weighted by atomic mass is 10.1. The van der Waals surface area contributed by atoms with Crippen LogP contribution in [0.5, 0.6) is 0 Å². The second-order valence-electron chi connectivity index (χ2n) is 6.89. The average molecular weight is 348 g/mol. The van der Waals surface area contributed by atoms with E-state index in [1.807, 2.05) is 18.5 Å². The summed E-state index contributed by atoms with van der Waals surface area (Å²) in [6, 6.07) is 14.6. The highest BCUT2D eigenvalue weighted by atomic mass is 16.5. The van der Waals surface area contributed by atoms with E-state index in [0.29, 0.717) is 12.5 Å². The molecule has 0 amide bonds. The van der Waals surface area contributed by atoms with E-state index in [4.69, 9.17) is 4.74 Å². The molecular weight excluding hydrogens is 324 g/mol. The van der Waals surface area contributed by atoms with E-state index in [9.17, 15) is 0 Å². The average Bonchev–Trinajstić information content (AvgIpc) is 3.03. The maximum atomic E-state index is 6.00. The van der Waals surface area contributed by atoms with Crippen LogP contribution in [0.4, 0.5) is 0 Å². The van der Waals surface area contributed by atoms with Crippen molar-refractivity contribution in [2.24, 2.45) is 5.92 Å². The van der Waals surface area contributed by atoms with Gasteiger partial charge in [0.25, 0.3) is 0 Å². The van der Waals surface area contributed by atoms with Gasteiger partial charge in [-0.3, -0.25) is 9.88 Å². The Hall–Kier alpha value is -2.50. The highest BCUT2D eigenvalue weighted by molar-refractivity contribution is 5.14. The van der Waals surface area contributed by atoms with Crippen LogP contribution in [0.15, 0.2) is 67.3 Å². The fourth-order valence-electron chi connectivity index (χ4n) is 3.52. The molecule has 0 N–H and O–H groups in total. The Labute approximate surface area is 154 Å². The molecule has 0 spiro atoms. The largest absolute Gasteiger partial charge is 0.376 e. The first-order valence-electron chi connectivity index (χ1n) is 9.10. The Morgan fingerprint density at radius 1 is 1.00 bits per heavy atom. The van der Waals surface area contributed by atoms with Crippen molar-refractivity contribution in [3.8, 4) is 0 Å². The molecule has 2 aromatic heterocycles. The Balaban J connectivity index is 1.40. The molecule has 1 aliphatic rings. The van der Waals surface area contributed by atoms with Gasteiger partial charge < -0.3 is 9.30 Å². The van der Waals surface area contributed by atoms with Crippen LogP contribution in [0.1, 0.15) is 17.0 Å². The standard InChI is InChI=1S/C21H24N4O/c1-2-5-18(6-3-1)12-24-13-20(14-25-10-9-23-21(25)15-24)17-26-16-19-7-4-8-22-11-19/h1-11,20H,12-17H2. The van der Waals surface area contributed by atoms with Crippen LogP contribution in [-0.4, -0.2) is 32.6 Å². The van der Waals surface area contributed by atoms with E-state index in [0.717, 1.165) is 44.2 Å². The maximum absolute atomic E-state index is 6.00. The van der Waals surface area contributed by atoms with E-state index < -0.39 is 0 Å². The van der Waals surface area contributed by atoms with E-state index in [-0.39, 0.29) is 0 Å². The second-order valence-corrected chi connectivity index (χ2v) is 6.89. The van der Waals surface area contributed by atoms with Gasteiger partial charge in [-0.2, -0.15) is 0 Å². The fourth-order valence-corrected chi connectivity index (χ4v) is 3.52. The van der Waals surface area contributed by atoms with Crippen molar-refractivity contribution < 1.29 is 4.74 Å². The zero-order valence-electron chi connectivity index (χ0n) is 14.9. The molecule has 1 aliphatic heterocycles. The lowest BCUT2D eigenvalue weighted by molar-refractivity contribution is 0.0664. The summed E-state index contributed by atoms with van der Waals surface area (Å²) in [5.41, 5.74) is 2.45. The molecular formula is C21H24N4O. The van der Waals surface area contributed by atoms with Crippen LogP contribution < -0.4 is 0 Å². The van der Waals surface area contributed by atoms with Crippen LogP contribution in [0.3, 0.4) is 0 Å². The number of fused-ring (bicyclic) bond motifs is 1. The van der Waals surface area contributed by atoms with Gasteiger partial charge >= 0.3 is 0 Å². The van der Waals surface area contributed by atoms with Crippen molar-refractivity contribution in [1.29, 1.82) is 0 Å². The van der Waals surface area contributed by atoms with Crippen LogP contribution in [0.2, 0.25) is 0 Å². The van der Waals surface area contributed by atoms with E-state index in [2.05, 4.69) is 62.0 Å². The predicted molar refractivity (Wildman–Crippen MR) is 100 cm³/mol. The summed E-state index contributed by atoms with van der Waals surface area (Å²) < 4.78 is 8.27. The summed E-state index contributed by atoms with van der Waals surface area (Å²) in [5.74, 6) is 1.57. The minimum Gasteiger partial charge on any atom is -0.376 e. The molecule has 5 heteroatoms. The molecule has 1 unspecified atom stereocenters. The maximum Gasteiger partial charge on any atom is 0.122 e. The topological polar surface area (TPSA) is 43.2 Å². The summed E-state index contributed by atoms with van der Waals surface area (Å²) in [6.07, 6.45) is 7.63. The van der Waals surface area contributed by atoms with Crippen molar-refractivity contribution in [2.45, 2.75) is 26.2 Å². The van der Waals surface area contributed by atoms with Crippen molar-refractivity contribution >= 4 is 0 Å². The van der Waals surface area contributed by atoms with Crippen molar-refractivity contribution in [2.75, 3.05) is 13.2 Å². The van der Waals surface area contributed by atoms with Gasteiger partial charge in [-0.1, -0.05) is 36.4 Å². The second kappa shape index (κ2) is 8.25. The van der Waals surface area contributed by atoms with Crippen molar-refractivity contribution in [3.63, 3.8) is 0 Å². The fraction of sp³-hybridized carbons (Fsp3) is 0.333. The van der Waals surface area contributed by atoms with Crippen LogP contribution in [0, 0.1) is 5.92 Å². The molecule has 0 fully saturated rings. The Bertz CT molecular complexity index is 803. The smallest absolute Gasteiger partial charge is 0.122 e. The first-order valence-corrected chi connectivity index (χ1v) is 9.10. The normalized spacial score (nSPS) is 17.6. The van der Waals surface area contributed by atoms with Crippen LogP contribution >= 0.6 is 0 Å². The summed E-state index contributed by atoms with van der Waals surface area (Å²) in [7, 11) is 0. The Morgan fingerprint density at radius 3 is 2.73 bits per heavy atom. The minimum absolute atomic E-state index is 0.436. The van der Waals surface area contributed by atoms with E-state index in [1.165, 1.54) is 5.56 Å². The van der Waals surface area contributed by atoms with E-state index >= 15 is 0 Å². The number of nitrogens with zero attached hydrogens (tertiary/aromatic N) is 4. The van der Waals surface area contributed by atoms with Gasteiger partial charge in [0.1, 0.15) is 5.82 Å². The minimum atomic E-state index is 0.436. The first-order chi connectivity index (χ1) is 12.9. The Morgan fingerprint density at radius 2 is 1.88 bits per heavy atom. The van der Waals surface area contributed by atoms with Crippen molar-refractivity contribution in [3.05, 3.63) is 84.2 Å². The summed E-state index contributed by atoms with van der Waals surface area (Å²) in [6.45, 7) is 5.12. The monoisotopic (exact) mass is 348 g/mol. The molecule has 0 bridgehead atoms. The number of aromatic nitrogens is 3. The molecule has 0 saturated heterocycles. The molecule has 0 aliphatic carbocycles. The summed E-state index contributed by atoms with van der Waals surface area (Å²) in [4.78, 5) is 11.2. The molecule has 3 heterocycles. The molecule has 26 heavy (non-hydrogen) atoms. The highest BCUT2D eigenvalue weighted by Crippen LogP contribution is 2.18. The van der Waals surface area contributed by atoms with Gasteiger partial charge in [0.2, 0.25) is 0 Å². The number of hydrogen-bond donors (Lipinski definition) is 0. The van der Waals surface area contributed by atoms with Gasteiger partial charge in [0.05, 0.1) is 19.8 Å². The summed E-state index contributed by atoms with van der Waals surface area (Å²) in [5, 5.41) is 0. The molecule has 1 atom stereocenters. The van der Waals surface area contributed by atoms with Gasteiger partial charge in [-0.25, -0.2) is 4.98 Å². The predicted octanol–water partition coefficient (Wildman–Crippen LogP) is 3.13. The number of rotatable bonds is 6. The zero-order valence-corrected chi connectivity index (χ0v) is 14.9. The SMILES string of the molecule is c1ccc(CN2Cc3nccn3CC(COCc3cccnc3)C2)cc1. The number of imidazole rings is 1. The third-order valence-corrected chi connectivity index (χ3v) is 4.73. The molecule has 1 aromatic carbocycles. The van der Waals surface area contributed by atoms with E-state index in [1.54, 1.807) is 6.20 Å². The van der Waals surface area contributed by atoms with Gasteiger partial charge in [0.15, 0.2) is 0 Å². The molecule has 5 nitrogen and oxygen atoms in total. The molecule has 0 radical (unpaired) electrons. The lowest BCUT2D eigenvalue weighted by Gasteiger charge is -2.23. The first kappa shape index (κ1) is 16.9. The molecule has 0 saturated carbocycles.